The number of amides is 1. The molecule has 5 heteroatoms. The molecule has 1 amide bonds. The molecule has 2 N–H and O–H groups in total. The van der Waals surface area contributed by atoms with E-state index in [1.54, 1.807) is 0 Å². The van der Waals surface area contributed by atoms with Gasteiger partial charge in [0.15, 0.2) is 0 Å². The third-order valence-electron chi connectivity index (χ3n) is 2.99. The maximum absolute atomic E-state index is 11.5. The summed E-state index contributed by atoms with van der Waals surface area (Å²) in [5, 5.41) is 10.5. The van der Waals surface area contributed by atoms with Gasteiger partial charge in [-0.15, -0.1) is 0 Å². The summed E-state index contributed by atoms with van der Waals surface area (Å²) < 4.78 is 1.91. The Kier molecular flexibility index (Phi) is 6.56. The van der Waals surface area contributed by atoms with Crippen LogP contribution in [-0.2, 0) is 11.3 Å². The Hall–Kier alpha value is -1.36. The molecule has 0 spiro atoms. The van der Waals surface area contributed by atoms with Crippen molar-refractivity contribution in [2.75, 3.05) is 13.1 Å². The first-order valence-electron chi connectivity index (χ1n) is 7.05. The van der Waals surface area contributed by atoms with Crippen molar-refractivity contribution in [2.45, 2.75) is 46.7 Å². The highest BCUT2D eigenvalue weighted by molar-refractivity contribution is 5.76. The number of hydrogen-bond acceptors (Lipinski definition) is 3. The molecular weight excluding hydrogens is 240 g/mol. The number of aromatic nitrogens is 2. The Labute approximate surface area is 115 Å². The molecule has 5 nitrogen and oxygen atoms in total. The monoisotopic (exact) mass is 266 g/mol. The number of carbonyl (C=O) groups excluding carboxylic acids is 1. The van der Waals surface area contributed by atoms with Crippen molar-refractivity contribution < 1.29 is 4.79 Å². The van der Waals surface area contributed by atoms with Crippen LogP contribution in [0.4, 0.5) is 0 Å². The number of carbonyl (C=O) groups is 1. The predicted octanol–water partition coefficient (Wildman–Crippen LogP) is 1.72. The van der Waals surface area contributed by atoms with Crippen LogP contribution in [0, 0.1) is 5.92 Å². The van der Waals surface area contributed by atoms with E-state index in [-0.39, 0.29) is 11.9 Å². The first-order valence-corrected chi connectivity index (χ1v) is 7.05. The molecule has 0 fully saturated rings. The lowest BCUT2D eigenvalue weighted by atomic mass is 10.2. The normalized spacial score (nSPS) is 12.7. The molecule has 0 bridgehead atoms. The van der Waals surface area contributed by atoms with E-state index in [2.05, 4.69) is 43.4 Å². The van der Waals surface area contributed by atoms with Gasteiger partial charge in [-0.1, -0.05) is 13.8 Å². The summed E-state index contributed by atoms with van der Waals surface area (Å²) in [6.07, 6.45) is 4.43. The van der Waals surface area contributed by atoms with Crippen LogP contribution in [0.15, 0.2) is 12.4 Å². The average molecular weight is 266 g/mol. The molecule has 0 aliphatic heterocycles. The van der Waals surface area contributed by atoms with E-state index in [1.807, 2.05) is 17.1 Å². The lowest BCUT2D eigenvalue weighted by Crippen LogP contribution is -2.31. The van der Waals surface area contributed by atoms with Gasteiger partial charge in [-0.2, -0.15) is 5.10 Å². The lowest BCUT2D eigenvalue weighted by molar-refractivity contribution is -0.121. The van der Waals surface area contributed by atoms with Gasteiger partial charge in [0.05, 0.1) is 6.20 Å². The second kappa shape index (κ2) is 7.94. The van der Waals surface area contributed by atoms with Crippen molar-refractivity contribution in [1.82, 2.24) is 20.4 Å². The maximum atomic E-state index is 11.5. The molecule has 108 valence electrons. The molecule has 0 aliphatic rings. The fraction of sp³-hybridized carbons (Fsp3) is 0.714. The van der Waals surface area contributed by atoms with Gasteiger partial charge in [0.25, 0.3) is 0 Å². The second-order valence-corrected chi connectivity index (χ2v) is 5.25. The van der Waals surface area contributed by atoms with E-state index < -0.39 is 0 Å². The summed E-state index contributed by atoms with van der Waals surface area (Å²) >= 11 is 0. The third-order valence-corrected chi connectivity index (χ3v) is 2.99. The Morgan fingerprint density at radius 2 is 2.16 bits per heavy atom. The summed E-state index contributed by atoms with van der Waals surface area (Å²) in [6, 6.07) is 0.221. The van der Waals surface area contributed by atoms with Gasteiger partial charge >= 0.3 is 0 Å². The van der Waals surface area contributed by atoms with Crippen molar-refractivity contribution in [1.29, 1.82) is 0 Å². The van der Waals surface area contributed by atoms with Crippen LogP contribution in [0.2, 0.25) is 0 Å². The highest BCUT2D eigenvalue weighted by Gasteiger charge is 2.08. The van der Waals surface area contributed by atoms with Gasteiger partial charge in [-0.3, -0.25) is 9.48 Å². The number of nitrogens with zero attached hydrogens (tertiary/aromatic N) is 2. The van der Waals surface area contributed by atoms with Gasteiger partial charge in [-0.05, 0) is 19.8 Å². The van der Waals surface area contributed by atoms with Gasteiger partial charge in [0.1, 0.15) is 0 Å². The van der Waals surface area contributed by atoms with Crippen LogP contribution in [0.25, 0.3) is 0 Å². The van der Waals surface area contributed by atoms with E-state index in [1.165, 1.54) is 0 Å². The molecule has 1 atom stereocenters. The van der Waals surface area contributed by atoms with Crippen molar-refractivity contribution in [3.05, 3.63) is 18.0 Å². The topological polar surface area (TPSA) is 59.0 Å². The molecule has 1 heterocycles. The molecule has 0 aliphatic carbocycles. The summed E-state index contributed by atoms with van der Waals surface area (Å²) in [7, 11) is 0. The Balaban J connectivity index is 2.23. The predicted molar refractivity (Wildman–Crippen MR) is 76.8 cm³/mol. The highest BCUT2D eigenvalue weighted by atomic mass is 16.1. The zero-order valence-electron chi connectivity index (χ0n) is 12.4. The average Bonchev–Trinajstić information content (AvgIpc) is 2.85. The zero-order chi connectivity index (χ0) is 14.3. The molecule has 19 heavy (non-hydrogen) atoms. The summed E-state index contributed by atoms with van der Waals surface area (Å²) in [5.41, 5.74) is 1.16. The molecule has 1 aromatic heterocycles. The molecule has 0 saturated carbocycles. The Bertz CT molecular complexity index is 387. The maximum Gasteiger partial charge on any atom is 0.221 e. The lowest BCUT2D eigenvalue weighted by Gasteiger charge is -2.12. The number of nitrogens with one attached hydrogen (secondary N) is 2. The number of rotatable bonds is 8. The van der Waals surface area contributed by atoms with Crippen LogP contribution in [0.3, 0.4) is 0 Å². The minimum atomic E-state index is 0.109. The molecule has 1 aromatic rings. The second-order valence-electron chi connectivity index (χ2n) is 5.25. The smallest absolute Gasteiger partial charge is 0.221 e. The standard InChI is InChI=1S/C14H26N4O/c1-5-18-10-13(9-17-18)12(4)15-7-6-14(19)16-8-11(2)3/h9-12,15H,5-8H2,1-4H3,(H,16,19). The minimum Gasteiger partial charge on any atom is -0.356 e. The molecule has 0 saturated heterocycles. The fourth-order valence-electron chi connectivity index (χ4n) is 1.70. The van der Waals surface area contributed by atoms with Crippen LogP contribution in [0.1, 0.15) is 45.7 Å². The van der Waals surface area contributed by atoms with E-state index in [0.717, 1.165) is 18.7 Å². The largest absolute Gasteiger partial charge is 0.356 e. The quantitative estimate of drug-likeness (QED) is 0.753. The van der Waals surface area contributed by atoms with E-state index in [0.29, 0.717) is 18.9 Å². The summed E-state index contributed by atoms with van der Waals surface area (Å²) in [6.45, 7) is 10.6. The summed E-state index contributed by atoms with van der Waals surface area (Å²) in [4.78, 5) is 11.5. The van der Waals surface area contributed by atoms with Crippen molar-refractivity contribution in [3.63, 3.8) is 0 Å². The molecule has 1 unspecified atom stereocenters. The van der Waals surface area contributed by atoms with Gasteiger partial charge < -0.3 is 10.6 Å². The number of aryl methyl sites for hydroxylation is 1. The van der Waals surface area contributed by atoms with Crippen LogP contribution in [-0.4, -0.2) is 28.8 Å². The van der Waals surface area contributed by atoms with Gasteiger partial charge in [0.2, 0.25) is 5.91 Å². The Morgan fingerprint density at radius 3 is 2.74 bits per heavy atom. The first kappa shape index (κ1) is 15.7. The highest BCUT2D eigenvalue weighted by Crippen LogP contribution is 2.10. The van der Waals surface area contributed by atoms with Gasteiger partial charge in [-0.25, -0.2) is 0 Å². The molecule has 1 rings (SSSR count). The van der Waals surface area contributed by atoms with E-state index in [4.69, 9.17) is 0 Å². The molecular formula is C14H26N4O. The van der Waals surface area contributed by atoms with Crippen LogP contribution < -0.4 is 10.6 Å². The van der Waals surface area contributed by atoms with E-state index in [9.17, 15) is 4.79 Å². The van der Waals surface area contributed by atoms with Gasteiger partial charge in [0, 0.05) is 43.9 Å². The van der Waals surface area contributed by atoms with E-state index >= 15 is 0 Å². The van der Waals surface area contributed by atoms with Crippen LogP contribution >= 0.6 is 0 Å². The minimum absolute atomic E-state index is 0.109. The zero-order valence-corrected chi connectivity index (χ0v) is 12.4. The fourth-order valence-corrected chi connectivity index (χ4v) is 1.70. The first-order chi connectivity index (χ1) is 9.02. The van der Waals surface area contributed by atoms with Crippen molar-refractivity contribution >= 4 is 5.91 Å². The van der Waals surface area contributed by atoms with Crippen LogP contribution in [0.5, 0.6) is 0 Å². The molecule has 0 radical (unpaired) electrons. The van der Waals surface area contributed by atoms with Crippen molar-refractivity contribution in [3.8, 4) is 0 Å². The Morgan fingerprint density at radius 1 is 1.42 bits per heavy atom. The molecule has 0 aromatic carbocycles. The SMILES string of the molecule is CCn1cc(C(C)NCCC(=O)NCC(C)C)cn1. The van der Waals surface area contributed by atoms with Crippen molar-refractivity contribution in [2.24, 2.45) is 5.92 Å². The summed E-state index contributed by atoms with van der Waals surface area (Å²) in [5.74, 6) is 0.605. The third kappa shape index (κ3) is 5.87. The number of hydrogen-bond donors (Lipinski definition) is 2.